The number of amides is 7. The number of unbranched alkanes of at least 4 members (excludes halogenated alkanes) is 5. The number of aromatic hydroxyl groups is 5. The average molecular weight is 1580 g/mol. The summed E-state index contributed by atoms with van der Waals surface area (Å²) in [5.41, 5.74) is -2.58. The van der Waals surface area contributed by atoms with Crippen LogP contribution in [0.3, 0.4) is 0 Å². The highest BCUT2D eigenvalue weighted by molar-refractivity contribution is 6.33. The van der Waals surface area contributed by atoms with Crippen LogP contribution in [0.15, 0.2) is 115 Å². The van der Waals surface area contributed by atoms with Crippen LogP contribution in [0.25, 0.3) is 11.1 Å². The number of aliphatic hydroxyl groups excluding tert-OH is 3. The fourth-order valence-corrected chi connectivity index (χ4v) is 14.4. The maximum absolute atomic E-state index is 16.4. The van der Waals surface area contributed by atoms with E-state index in [1.807, 2.05) is 0 Å². The first kappa shape index (κ1) is 79.9. The fourth-order valence-electron chi connectivity index (χ4n) is 13.9. The number of esters is 1. The van der Waals surface area contributed by atoms with E-state index in [1.54, 1.807) is 0 Å². The normalized spacial score (nSPS) is 23.6. The van der Waals surface area contributed by atoms with E-state index in [-0.39, 0.29) is 52.5 Å². The number of phenols is 5. The molecule has 14 rings (SSSR count). The van der Waals surface area contributed by atoms with E-state index in [1.165, 1.54) is 49.5 Å². The Bertz CT molecular complexity index is 4860. The van der Waals surface area contributed by atoms with Crippen molar-refractivity contribution in [2.75, 3.05) is 14.2 Å². The molecule has 1 saturated heterocycles. The van der Waals surface area contributed by atoms with Crippen molar-refractivity contribution in [1.82, 2.24) is 42.5 Å². The molecule has 7 aromatic rings. The molecule has 112 heavy (non-hydrogen) atoms. The van der Waals surface area contributed by atoms with Crippen LogP contribution in [0.5, 0.6) is 69.0 Å². The Morgan fingerprint density at radius 1 is 0.571 bits per heavy atom. The summed E-state index contributed by atoms with van der Waals surface area (Å²) < 4.78 is 37.5. The van der Waals surface area contributed by atoms with Crippen LogP contribution < -0.4 is 61.5 Å². The highest BCUT2D eigenvalue weighted by atomic mass is 35.5. The van der Waals surface area contributed by atoms with Gasteiger partial charge in [-0.2, -0.15) is 0 Å². The molecule has 0 aliphatic carbocycles. The van der Waals surface area contributed by atoms with Gasteiger partial charge in [-0.25, -0.2) is 9.59 Å². The number of carbonyl (C=O) groups excluding carboxylic acids is 8. The van der Waals surface area contributed by atoms with Gasteiger partial charge in [-0.3, -0.25) is 33.6 Å². The summed E-state index contributed by atoms with van der Waals surface area (Å²) in [6.07, 6.45) is -5.16. The Hall–Kier alpha value is -11.7. The van der Waals surface area contributed by atoms with Crippen LogP contribution in [0.1, 0.15) is 140 Å². The van der Waals surface area contributed by atoms with Crippen molar-refractivity contribution >= 4 is 76.5 Å². The molecule has 17 bridgehead atoms. The number of nitrogens with one attached hydrogen (secondary N) is 8. The van der Waals surface area contributed by atoms with Crippen LogP contribution in [0, 0.1) is 5.92 Å². The molecule has 17 N–H and O–H groups in total. The molecule has 34 heteroatoms. The summed E-state index contributed by atoms with van der Waals surface area (Å²) in [6.45, 7) is 4.29. The van der Waals surface area contributed by atoms with Gasteiger partial charge in [0.15, 0.2) is 35.1 Å². The van der Waals surface area contributed by atoms with Crippen LogP contribution in [0.2, 0.25) is 10.0 Å². The van der Waals surface area contributed by atoms with Gasteiger partial charge in [-0.05, 0) is 120 Å². The van der Waals surface area contributed by atoms with Crippen molar-refractivity contribution in [3.63, 3.8) is 0 Å². The molecular formula is C78H80Cl2N8O24. The SMILES string of the molecule is CN[C@H]1C(=O)N[C@@H]2Cc3ccc(cc3)Oc3cc4cc(c3O[C@@H]3O[C@H](C(=O)OC)[C@@H](O)[C@H](O)[C@H]3NC(=O)CCCCCCCCC(C)C)Oc3ccc(cc3Cl)[C@@H](O)[C@@H]3NC(=O)[C@H](NC(=O)[C@@H]4NC(=O)[C@@H](NC2=O)c2cc(cc(O)c2Cl)Oc2cc1ccc2O)c1ccc(O)c(c1)-c1c(O)cc(O)cc1[C@@H](C(=O)O)NC3=O. The Labute approximate surface area is 648 Å². The fraction of sp³-hybridized carbons (Fsp3) is 0.346. The first-order valence-corrected chi connectivity index (χ1v) is 36.5. The van der Waals surface area contributed by atoms with Crippen molar-refractivity contribution in [3.8, 4) is 80.1 Å². The molecule has 13 atom stereocenters. The van der Waals surface area contributed by atoms with E-state index in [2.05, 4.69) is 56.4 Å². The highest BCUT2D eigenvalue weighted by Crippen LogP contribution is 2.50. The summed E-state index contributed by atoms with van der Waals surface area (Å²) in [5.74, 6) is -17.2. The van der Waals surface area contributed by atoms with Gasteiger partial charge in [-0.15, -0.1) is 0 Å². The molecule has 0 spiro atoms. The van der Waals surface area contributed by atoms with Crippen molar-refractivity contribution < 1.29 is 118 Å². The number of aliphatic carboxylic acids is 1. The number of likely N-dealkylation sites (N-methyl/N-ethyl adjacent to an activating group) is 1. The lowest BCUT2D eigenvalue weighted by atomic mass is 9.89. The zero-order valence-electron chi connectivity index (χ0n) is 60.3. The predicted molar refractivity (Wildman–Crippen MR) is 395 cm³/mol. The van der Waals surface area contributed by atoms with E-state index < -0.39 is 216 Å². The lowest BCUT2D eigenvalue weighted by Gasteiger charge is -2.41. The molecular weight excluding hydrogens is 1500 g/mol. The smallest absolute Gasteiger partial charge is 0.337 e. The summed E-state index contributed by atoms with van der Waals surface area (Å²) in [6, 6.07) is 6.02. The topological polar surface area (TPSA) is 487 Å². The summed E-state index contributed by atoms with van der Waals surface area (Å²) in [5, 5.41) is 124. The predicted octanol–water partition coefficient (Wildman–Crippen LogP) is 6.80. The van der Waals surface area contributed by atoms with E-state index >= 15 is 19.2 Å². The minimum atomic E-state index is -2.37. The number of halogens is 2. The number of ether oxygens (including phenoxy) is 6. The number of carboxylic acids is 1. The number of rotatable bonds is 15. The highest BCUT2D eigenvalue weighted by Gasteiger charge is 2.51. The molecule has 1 fully saturated rings. The summed E-state index contributed by atoms with van der Waals surface area (Å²) in [4.78, 5) is 134. The largest absolute Gasteiger partial charge is 0.508 e. The molecule has 0 radical (unpaired) electrons. The maximum atomic E-state index is 16.4. The zero-order chi connectivity index (χ0) is 80.3. The summed E-state index contributed by atoms with van der Waals surface area (Å²) in [7, 11) is 2.41. The van der Waals surface area contributed by atoms with E-state index in [4.69, 9.17) is 51.6 Å². The second-order valence-electron chi connectivity index (χ2n) is 28.0. The third-order valence-corrected chi connectivity index (χ3v) is 20.5. The molecule has 0 aromatic heterocycles. The quantitative estimate of drug-likeness (QED) is 0.0370. The van der Waals surface area contributed by atoms with E-state index in [9.17, 15) is 69.9 Å². The molecule has 7 aromatic carbocycles. The third kappa shape index (κ3) is 17.3. The molecule has 0 saturated carbocycles. The van der Waals surface area contributed by atoms with Crippen molar-refractivity contribution in [1.29, 1.82) is 0 Å². The molecule has 0 unspecified atom stereocenters. The Kier molecular flexibility index (Phi) is 24.2. The number of hydrogen-bond donors (Lipinski definition) is 17. The first-order valence-electron chi connectivity index (χ1n) is 35.8. The monoisotopic (exact) mass is 1580 g/mol. The van der Waals surface area contributed by atoms with Gasteiger partial charge < -0.3 is 117 Å². The Morgan fingerprint density at radius 2 is 1.21 bits per heavy atom. The second-order valence-corrected chi connectivity index (χ2v) is 28.8. The average Bonchev–Trinajstić information content (AvgIpc) is 0.768. The lowest BCUT2D eigenvalue weighted by molar-refractivity contribution is -0.242. The number of aliphatic hydroxyl groups is 3. The minimum Gasteiger partial charge on any atom is -0.508 e. The van der Waals surface area contributed by atoms with Crippen molar-refractivity contribution in [3.05, 3.63) is 164 Å². The minimum absolute atomic E-state index is 0.0943. The van der Waals surface area contributed by atoms with Crippen LogP contribution in [0.4, 0.5) is 0 Å². The standard InChI is InChI=1S/C78H80Cl2N8O24/c1-33(2)11-9-7-5-6-8-10-12-55(94)83-64-66(96)67(97)69(77(106)107-4)112-78(64)111-68-53-27-38-28-54(68)110-51-22-17-37(25-45(51)79)65(95)63-75(103)87-62(76(104)105)43-29-39(89)30-49(92)56(43)42-24-35(15-20-47(42)90)59(72(100)88-63)84-73(101)60(38)85-74(102)61-44-31-41(32-50(93)57(44)80)109-52-26-36(16-21-48(52)91)58(81-3)71(99)82-46(70(98)86-61)23-34-13-18-40(108-53)19-14-34/h13-22,24-33,46,58-67,69,78,81,89-93,95-97H,5-12,23H2,1-4H3,(H,82,99)(H,83,94)(H,84,101)(H,85,102)(H,86,98)(H,87,103)(H,88,100)(H,104,105)/t46-,58-,59-,60-,61+,62+,63+,64-,65-,66-,67+,69+,78-/m1/s1. The molecule has 32 nitrogen and oxygen atoms in total. The molecule has 7 aliphatic rings. The molecule has 7 aliphatic heterocycles. The van der Waals surface area contributed by atoms with Gasteiger partial charge in [0.1, 0.15) is 101 Å². The van der Waals surface area contributed by atoms with Crippen LogP contribution in [-0.4, -0.2) is 156 Å². The van der Waals surface area contributed by atoms with Crippen LogP contribution in [-0.2, 0) is 59.0 Å². The van der Waals surface area contributed by atoms with Gasteiger partial charge in [0, 0.05) is 47.2 Å². The van der Waals surface area contributed by atoms with Gasteiger partial charge in [0.25, 0.3) is 0 Å². The van der Waals surface area contributed by atoms with Crippen molar-refractivity contribution in [2.24, 2.45) is 5.92 Å². The molecule has 7 amide bonds. The Morgan fingerprint density at radius 3 is 1.90 bits per heavy atom. The number of fused-ring (bicyclic) bond motifs is 14. The first-order chi connectivity index (χ1) is 53.5. The number of benzene rings is 7. The number of methoxy groups -OCH3 is 1. The second kappa shape index (κ2) is 33.9. The number of carbonyl (C=O) groups is 9. The number of phenolic OH excluding ortho intramolecular Hbond substituents is 5. The Balaban J connectivity index is 1.09. The number of carboxylic acid groups (broad SMARTS) is 1. The van der Waals surface area contributed by atoms with Gasteiger partial charge in [-0.1, -0.05) is 106 Å². The van der Waals surface area contributed by atoms with Gasteiger partial charge in [0.2, 0.25) is 53.4 Å². The lowest BCUT2D eigenvalue weighted by Crippen LogP contribution is -2.66. The zero-order valence-corrected chi connectivity index (χ0v) is 61.8. The van der Waals surface area contributed by atoms with Gasteiger partial charge >= 0.3 is 11.9 Å². The van der Waals surface area contributed by atoms with Crippen molar-refractivity contribution in [2.45, 2.75) is 151 Å². The summed E-state index contributed by atoms with van der Waals surface area (Å²) >= 11 is 14.1. The maximum Gasteiger partial charge on any atom is 0.337 e. The van der Waals surface area contributed by atoms with Crippen LogP contribution >= 0.6 is 23.2 Å². The molecule has 590 valence electrons. The van der Waals surface area contributed by atoms with E-state index in [0.29, 0.717) is 24.3 Å². The van der Waals surface area contributed by atoms with E-state index in [0.717, 1.165) is 112 Å². The van der Waals surface area contributed by atoms with Gasteiger partial charge in [0.05, 0.1) is 17.2 Å². The third-order valence-electron chi connectivity index (χ3n) is 19.8. The molecule has 7 heterocycles. The number of hydrogen-bond acceptors (Lipinski definition) is 24.